The molecular formula is C15H15NO. The molecule has 2 aromatic rings. The monoisotopic (exact) mass is 225 g/mol. The molecule has 0 saturated carbocycles. The van der Waals surface area contributed by atoms with Gasteiger partial charge in [0.1, 0.15) is 0 Å². The van der Waals surface area contributed by atoms with Gasteiger partial charge in [-0.15, -0.1) is 0 Å². The number of benzene rings is 1. The predicted molar refractivity (Wildman–Crippen MR) is 68.2 cm³/mol. The van der Waals surface area contributed by atoms with E-state index in [1.807, 2.05) is 50.2 Å². The molecule has 0 radical (unpaired) electrons. The number of ketones is 1. The summed E-state index contributed by atoms with van der Waals surface area (Å²) in [6.07, 6.45) is 3.44. The van der Waals surface area contributed by atoms with Gasteiger partial charge in [0.05, 0.1) is 0 Å². The third kappa shape index (κ3) is 2.59. The highest BCUT2D eigenvalue weighted by Gasteiger charge is 2.16. The van der Waals surface area contributed by atoms with Crippen LogP contribution in [0.4, 0.5) is 0 Å². The molecule has 1 heterocycles. The van der Waals surface area contributed by atoms with Gasteiger partial charge < -0.3 is 0 Å². The summed E-state index contributed by atoms with van der Waals surface area (Å²) in [6.45, 7) is 3.92. The molecular weight excluding hydrogens is 210 g/mol. The zero-order valence-corrected chi connectivity index (χ0v) is 10.1. The number of carbonyl (C=O) groups is 1. The van der Waals surface area contributed by atoms with Crippen molar-refractivity contribution in [2.75, 3.05) is 0 Å². The van der Waals surface area contributed by atoms with E-state index in [1.165, 1.54) is 0 Å². The molecule has 0 spiro atoms. The highest BCUT2D eigenvalue weighted by atomic mass is 16.1. The Hall–Kier alpha value is -1.96. The van der Waals surface area contributed by atoms with Crippen LogP contribution in [0.5, 0.6) is 0 Å². The van der Waals surface area contributed by atoms with Gasteiger partial charge in [-0.2, -0.15) is 0 Å². The van der Waals surface area contributed by atoms with Gasteiger partial charge >= 0.3 is 0 Å². The summed E-state index contributed by atoms with van der Waals surface area (Å²) in [6, 6.07) is 11.5. The third-order valence-corrected chi connectivity index (χ3v) is 2.90. The number of nitrogens with zero attached hydrogens (tertiary/aromatic N) is 1. The van der Waals surface area contributed by atoms with E-state index in [9.17, 15) is 4.79 Å². The summed E-state index contributed by atoms with van der Waals surface area (Å²) in [5, 5.41) is 0. The van der Waals surface area contributed by atoms with E-state index in [2.05, 4.69) is 4.98 Å². The molecule has 1 unspecified atom stereocenters. The fourth-order valence-electron chi connectivity index (χ4n) is 1.85. The van der Waals surface area contributed by atoms with Gasteiger partial charge in [-0.1, -0.05) is 30.7 Å². The van der Waals surface area contributed by atoms with E-state index in [0.29, 0.717) is 0 Å². The van der Waals surface area contributed by atoms with E-state index < -0.39 is 0 Å². The predicted octanol–water partition coefficient (Wildman–Crippen LogP) is 3.38. The van der Waals surface area contributed by atoms with E-state index in [0.717, 1.165) is 16.7 Å². The van der Waals surface area contributed by atoms with Crippen molar-refractivity contribution in [3.8, 4) is 0 Å². The summed E-state index contributed by atoms with van der Waals surface area (Å²) in [4.78, 5) is 16.2. The van der Waals surface area contributed by atoms with Crippen molar-refractivity contribution in [1.29, 1.82) is 0 Å². The van der Waals surface area contributed by atoms with Crippen LogP contribution >= 0.6 is 0 Å². The van der Waals surface area contributed by atoms with Gasteiger partial charge in [0.25, 0.3) is 0 Å². The number of Topliss-reactive ketones (excluding diaryl/α,β-unsaturated/α-hetero) is 1. The van der Waals surface area contributed by atoms with Crippen LogP contribution in [0.15, 0.2) is 48.8 Å². The molecule has 17 heavy (non-hydrogen) atoms. The number of aromatic nitrogens is 1. The van der Waals surface area contributed by atoms with Gasteiger partial charge in [0.15, 0.2) is 5.78 Å². The fourth-order valence-corrected chi connectivity index (χ4v) is 1.85. The second-order valence-electron chi connectivity index (χ2n) is 4.24. The smallest absolute Gasteiger partial charge is 0.170 e. The Morgan fingerprint density at radius 3 is 2.53 bits per heavy atom. The lowest BCUT2D eigenvalue weighted by Gasteiger charge is -2.10. The molecule has 0 aliphatic heterocycles. The molecule has 2 rings (SSSR count). The summed E-state index contributed by atoms with van der Waals surface area (Å²) in [7, 11) is 0. The molecule has 1 aromatic heterocycles. The molecule has 2 heteroatoms. The fraction of sp³-hybridized carbons (Fsp3) is 0.200. The molecule has 0 N–H and O–H groups in total. The van der Waals surface area contributed by atoms with Crippen LogP contribution in [0.3, 0.4) is 0 Å². The first-order valence-corrected chi connectivity index (χ1v) is 5.69. The zero-order chi connectivity index (χ0) is 12.3. The van der Waals surface area contributed by atoms with Crippen LogP contribution in [-0.2, 0) is 0 Å². The Kier molecular flexibility index (Phi) is 3.33. The number of aryl methyl sites for hydroxylation is 1. The van der Waals surface area contributed by atoms with Gasteiger partial charge in [-0.3, -0.25) is 9.78 Å². The molecule has 0 bridgehead atoms. The lowest BCUT2D eigenvalue weighted by Crippen LogP contribution is -2.09. The van der Waals surface area contributed by atoms with E-state index in [-0.39, 0.29) is 11.7 Å². The Bertz CT molecular complexity index is 519. The standard InChI is InChI=1S/C15H15NO/c1-11-4-3-5-14(10-11)15(17)12(2)13-6-8-16-9-7-13/h3-10,12H,1-2H3. The third-order valence-electron chi connectivity index (χ3n) is 2.90. The number of hydrogen-bond acceptors (Lipinski definition) is 2. The second kappa shape index (κ2) is 4.91. The normalized spacial score (nSPS) is 12.1. The molecule has 1 aromatic carbocycles. The molecule has 86 valence electrons. The molecule has 0 aliphatic rings. The lowest BCUT2D eigenvalue weighted by atomic mass is 9.92. The average molecular weight is 225 g/mol. The minimum atomic E-state index is -0.125. The van der Waals surface area contributed by atoms with E-state index in [1.54, 1.807) is 12.4 Å². The maximum atomic E-state index is 12.3. The van der Waals surface area contributed by atoms with Crippen molar-refractivity contribution in [3.63, 3.8) is 0 Å². The van der Waals surface area contributed by atoms with Crippen LogP contribution in [0.1, 0.15) is 34.3 Å². The minimum Gasteiger partial charge on any atom is -0.294 e. The SMILES string of the molecule is Cc1cccc(C(=O)C(C)c2ccncc2)c1. The van der Waals surface area contributed by atoms with Crippen LogP contribution in [0.2, 0.25) is 0 Å². The first kappa shape index (κ1) is 11.5. The Balaban J connectivity index is 2.27. The summed E-state index contributed by atoms with van der Waals surface area (Å²) >= 11 is 0. The maximum absolute atomic E-state index is 12.3. The first-order valence-electron chi connectivity index (χ1n) is 5.69. The second-order valence-corrected chi connectivity index (χ2v) is 4.24. The van der Waals surface area contributed by atoms with Crippen LogP contribution in [0, 0.1) is 6.92 Å². The molecule has 0 aliphatic carbocycles. The highest BCUT2D eigenvalue weighted by molar-refractivity contribution is 6.00. The Labute approximate surface area is 101 Å². The topological polar surface area (TPSA) is 30.0 Å². The largest absolute Gasteiger partial charge is 0.294 e. The minimum absolute atomic E-state index is 0.125. The number of pyridine rings is 1. The Morgan fingerprint density at radius 2 is 1.88 bits per heavy atom. The molecule has 0 fully saturated rings. The van der Waals surface area contributed by atoms with Gasteiger partial charge in [-0.25, -0.2) is 0 Å². The van der Waals surface area contributed by atoms with Crippen molar-refractivity contribution >= 4 is 5.78 Å². The van der Waals surface area contributed by atoms with Crippen LogP contribution in [0.25, 0.3) is 0 Å². The van der Waals surface area contributed by atoms with Gasteiger partial charge in [-0.05, 0) is 30.7 Å². The van der Waals surface area contributed by atoms with Crippen LogP contribution < -0.4 is 0 Å². The maximum Gasteiger partial charge on any atom is 0.170 e. The zero-order valence-electron chi connectivity index (χ0n) is 10.1. The van der Waals surface area contributed by atoms with Gasteiger partial charge in [0.2, 0.25) is 0 Å². The van der Waals surface area contributed by atoms with Crippen molar-refractivity contribution < 1.29 is 4.79 Å². The van der Waals surface area contributed by atoms with Crippen molar-refractivity contribution in [2.45, 2.75) is 19.8 Å². The summed E-state index contributed by atoms with van der Waals surface area (Å²) in [5.74, 6) is 0.0275. The number of rotatable bonds is 3. The molecule has 0 saturated heterocycles. The quantitative estimate of drug-likeness (QED) is 0.749. The molecule has 2 nitrogen and oxygen atoms in total. The molecule has 0 amide bonds. The summed E-state index contributed by atoms with van der Waals surface area (Å²) in [5.41, 5.74) is 2.89. The summed E-state index contributed by atoms with van der Waals surface area (Å²) < 4.78 is 0. The van der Waals surface area contributed by atoms with Crippen LogP contribution in [-0.4, -0.2) is 10.8 Å². The Morgan fingerprint density at radius 1 is 1.18 bits per heavy atom. The highest BCUT2D eigenvalue weighted by Crippen LogP contribution is 2.20. The van der Waals surface area contributed by atoms with E-state index in [4.69, 9.17) is 0 Å². The van der Waals surface area contributed by atoms with Gasteiger partial charge in [0, 0.05) is 23.9 Å². The average Bonchev–Trinajstić information content (AvgIpc) is 2.38. The van der Waals surface area contributed by atoms with Crippen molar-refractivity contribution in [2.24, 2.45) is 0 Å². The number of hydrogen-bond donors (Lipinski definition) is 0. The van der Waals surface area contributed by atoms with Crippen molar-refractivity contribution in [1.82, 2.24) is 4.98 Å². The molecule has 1 atom stereocenters. The lowest BCUT2D eigenvalue weighted by molar-refractivity contribution is 0.0966. The first-order chi connectivity index (χ1) is 8.18. The van der Waals surface area contributed by atoms with E-state index >= 15 is 0 Å². The number of carbonyl (C=O) groups excluding carboxylic acids is 1. The van der Waals surface area contributed by atoms with Crippen molar-refractivity contribution in [3.05, 3.63) is 65.5 Å².